The molecule has 0 fully saturated rings. The van der Waals surface area contributed by atoms with E-state index in [4.69, 9.17) is 0 Å². The minimum Gasteiger partial charge on any atom is -0.182 e. The molecule has 0 aromatic rings. The molecule has 0 N–H and O–H groups in total. The summed E-state index contributed by atoms with van der Waals surface area (Å²) in [6, 6.07) is 0. The molecule has 0 amide bonds. The van der Waals surface area contributed by atoms with Crippen molar-refractivity contribution in [2.45, 2.75) is 104 Å². The first-order valence-corrected chi connectivity index (χ1v) is 12.3. The molecule has 18 heavy (non-hydrogen) atoms. The molecule has 0 unspecified atom stereocenters. The topological polar surface area (TPSA) is 0 Å². The van der Waals surface area contributed by atoms with Crippen LogP contribution in [0.5, 0.6) is 0 Å². The van der Waals surface area contributed by atoms with E-state index in [-0.39, 0.29) is 6.15 Å². The highest BCUT2D eigenvalue weighted by molar-refractivity contribution is 6.95. The molecule has 0 heterocycles. The molecule has 0 saturated heterocycles. The quantitative estimate of drug-likeness (QED) is 0.365. The van der Waals surface area contributed by atoms with Crippen molar-refractivity contribution in [2.24, 2.45) is 0 Å². The molecule has 0 spiro atoms. The third-order valence-corrected chi connectivity index (χ3v) is 6.65. The largest absolute Gasteiger partial charge is 0.182 e. The molecule has 0 aromatic carbocycles. The third-order valence-electron chi connectivity index (χ3n) is 4.56. The molecule has 110 valence electrons. The lowest BCUT2D eigenvalue weighted by atomic mass is 9.20. The number of hydrogen-bond donors (Lipinski definition) is 0. The molecule has 0 aliphatic heterocycles. The van der Waals surface area contributed by atoms with E-state index in [1.54, 1.807) is 24.9 Å². The summed E-state index contributed by atoms with van der Waals surface area (Å²) in [7, 11) is -0.915. The van der Waals surface area contributed by atoms with Crippen LogP contribution in [0.1, 0.15) is 59.3 Å². The van der Waals surface area contributed by atoms with E-state index in [0.717, 1.165) is 0 Å². The minimum absolute atomic E-state index is 0.0340. The zero-order chi connectivity index (χ0) is 14.1. The van der Waals surface area contributed by atoms with Gasteiger partial charge in [0.15, 0.2) is 0 Å². The lowest BCUT2D eigenvalue weighted by Gasteiger charge is -2.44. The molecule has 0 radical (unpaired) electrons. The van der Waals surface area contributed by atoms with Gasteiger partial charge in [-0.1, -0.05) is 78.9 Å². The molecule has 2 heteroatoms. The summed E-state index contributed by atoms with van der Waals surface area (Å²) in [6.45, 7) is 14.8. The number of unbranched alkanes of at least 4 members (excludes halogenated alkanes) is 3. The highest BCUT2D eigenvalue weighted by atomic mass is 28.3. The Hall–Kier alpha value is 0.282. The summed E-state index contributed by atoms with van der Waals surface area (Å²) in [5, 5.41) is 0. The van der Waals surface area contributed by atoms with Crippen molar-refractivity contribution in [3.05, 3.63) is 0 Å². The van der Waals surface area contributed by atoms with Gasteiger partial charge in [-0.2, -0.15) is 24.9 Å². The van der Waals surface area contributed by atoms with Crippen molar-refractivity contribution in [3.8, 4) is 0 Å². The summed E-state index contributed by atoms with van der Waals surface area (Å²) >= 11 is 0. The van der Waals surface area contributed by atoms with Gasteiger partial charge in [0.25, 0.3) is 0 Å². The maximum Gasteiger partial charge on any atom is 0.00985 e. The van der Waals surface area contributed by atoms with Crippen LogP contribution in [0.15, 0.2) is 0 Å². The minimum atomic E-state index is -0.915. The van der Waals surface area contributed by atoms with Gasteiger partial charge in [0, 0.05) is 8.07 Å². The number of rotatable bonds is 11. The van der Waals surface area contributed by atoms with E-state index in [1.165, 1.54) is 38.5 Å². The van der Waals surface area contributed by atoms with Crippen LogP contribution in [0.25, 0.3) is 0 Å². The molecule has 0 aliphatic rings. The normalized spacial score (nSPS) is 13.0. The standard InChI is InChI=1S/C16H38BSi/c1-7-10-13-17(14-11-8-2,15-12-9-3)16-18(4,5)6/h7-16H2,1-6H3/q-1. The Bertz CT molecular complexity index is 174. The second kappa shape index (κ2) is 9.23. The zero-order valence-electron chi connectivity index (χ0n) is 14.1. The Kier molecular flexibility index (Phi) is 9.37. The van der Waals surface area contributed by atoms with Crippen LogP contribution in [0.4, 0.5) is 0 Å². The van der Waals surface area contributed by atoms with Crippen molar-refractivity contribution in [1.82, 2.24) is 0 Å². The van der Waals surface area contributed by atoms with Crippen LogP contribution in [-0.4, -0.2) is 14.2 Å². The van der Waals surface area contributed by atoms with E-state index in [9.17, 15) is 0 Å². The van der Waals surface area contributed by atoms with Gasteiger partial charge in [0.2, 0.25) is 0 Å². The first-order valence-electron chi connectivity index (χ1n) is 8.61. The second-order valence-corrected chi connectivity index (χ2v) is 13.5. The van der Waals surface area contributed by atoms with Crippen molar-refractivity contribution in [1.29, 1.82) is 0 Å². The Morgan fingerprint density at radius 2 is 1.00 bits per heavy atom. The van der Waals surface area contributed by atoms with E-state index in [1.807, 2.05) is 0 Å². The fourth-order valence-electron chi connectivity index (χ4n) is 3.95. The monoisotopic (exact) mass is 269 g/mol. The van der Waals surface area contributed by atoms with Crippen molar-refractivity contribution >= 4 is 14.2 Å². The molecule has 0 rings (SSSR count). The first kappa shape index (κ1) is 18.3. The van der Waals surface area contributed by atoms with Gasteiger partial charge >= 0.3 is 0 Å². The Morgan fingerprint density at radius 3 is 1.22 bits per heavy atom. The van der Waals surface area contributed by atoms with Gasteiger partial charge in [-0.25, -0.2) is 0 Å². The fraction of sp³-hybridized carbons (Fsp3) is 1.00. The van der Waals surface area contributed by atoms with Crippen LogP contribution in [0, 0.1) is 0 Å². The summed E-state index contributed by atoms with van der Waals surface area (Å²) in [6.07, 6.45) is 13.2. The molecule has 0 aliphatic carbocycles. The summed E-state index contributed by atoms with van der Waals surface area (Å²) < 4.78 is 0. The van der Waals surface area contributed by atoms with Gasteiger partial charge in [0.05, 0.1) is 0 Å². The second-order valence-electron chi connectivity index (χ2n) is 7.92. The Morgan fingerprint density at radius 1 is 0.667 bits per heavy atom. The van der Waals surface area contributed by atoms with Crippen LogP contribution in [0.2, 0.25) is 44.5 Å². The van der Waals surface area contributed by atoms with E-state index >= 15 is 0 Å². The highest BCUT2D eigenvalue weighted by Crippen LogP contribution is 2.35. The number of hydrogen-bond acceptors (Lipinski definition) is 0. The molecule has 0 atom stereocenters. The molecule has 0 nitrogen and oxygen atoms in total. The third kappa shape index (κ3) is 8.40. The van der Waals surface area contributed by atoms with E-state index in [0.29, 0.717) is 0 Å². The predicted octanol–water partition coefficient (Wildman–Crippen LogP) is 6.71. The van der Waals surface area contributed by atoms with Gasteiger partial charge in [-0.3, -0.25) is 0 Å². The summed E-state index contributed by atoms with van der Waals surface area (Å²) in [5.41, 5.74) is 0. The molecule has 0 bridgehead atoms. The van der Waals surface area contributed by atoms with Crippen molar-refractivity contribution < 1.29 is 0 Å². The van der Waals surface area contributed by atoms with Crippen molar-refractivity contribution in [3.63, 3.8) is 0 Å². The first-order chi connectivity index (χ1) is 8.39. The van der Waals surface area contributed by atoms with Crippen LogP contribution >= 0.6 is 0 Å². The zero-order valence-corrected chi connectivity index (χ0v) is 15.1. The molecular weight excluding hydrogens is 231 g/mol. The SMILES string of the molecule is CCCC[B-](CCCC)(CCCC)C[Si](C)(C)C. The summed E-state index contributed by atoms with van der Waals surface area (Å²) in [4.78, 5) is 0. The lowest BCUT2D eigenvalue weighted by Crippen LogP contribution is -2.42. The molecular formula is C16H38BSi-. The predicted molar refractivity (Wildman–Crippen MR) is 93.1 cm³/mol. The Labute approximate surface area is 118 Å². The van der Waals surface area contributed by atoms with Gasteiger partial charge in [-0.05, 0) is 6.15 Å². The average molecular weight is 269 g/mol. The molecule has 0 saturated carbocycles. The van der Waals surface area contributed by atoms with E-state index in [2.05, 4.69) is 40.4 Å². The Balaban J connectivity index is 4.73. The van der Waals surface area contributed by atoms with Crippen LogP contribution in [0.3, 0.4) is 0 Å². The average Bonchev–Trinajstić information content (AvgIpc) is 2.29. The van der Waals surface area contributed by atoms with Gasteiger partial charge < -0.3 is 0 Å². The maximum absolute atomic E-state index is 2.58. The molecule has 0 aromatic heterocycles. The maximum atomic E-state index is 2.58. The van der Waals surface area contributed by atoms with Crippen LogP contribution in [-0.2, 0) is 0 Å². The van der Waals surface area contributed by atoms with E-state index < -0.39 is 8.07 Å². The fourth-order valence-corrected chi connectivity index (χ4v) is 7.16. The van der Waals surface area contributed by atoms with Gasteiger partial charge in [0.1, 0.15) is 0 Å². The lowest BCUT2D eigenvalue weighted by molar-refractivity contribution is 0.792. The van der Waals surface area contributed by atoms with Crippen LogP contribution < -0.4 is 0 Å². The highest BCUT2D eigenvalue weighted by Gasteiger charge is 2.28. The van der Waals surface area contributed by atoms with Gasteiger partial charge in [-0.15, -0.1) is 0 Å². The smallest absolute Gasteiger partial charge is 0.00985 e. The summed E-state index contributed by atoms with van der Waals surface area (Å²) in [5.74, 6) is 1.62. The van der Waals surface area contributed by atoms with Crippen molar-refractivity contribution in [2.75, 3.05) is 0 Å².